The van der Waals surface area contributed by atoms with Crippen LogP contribution in [0.4, 0.5) is 5.13 Å². The van der Waals surface area contributed by atoms with E-state index in [1.54, 1.807) is 0 Å². The molecule has 4 rings (SSSR count). The number of nitrogens with one attached hydrogen (secondary N) is 1. The van der Waals surface area contributed by atoms with E-state index in [9.17, 15) is 13.2 Å². The lowest BCUT2D eigenvalue weighted by Gasteiger charge is -2.34. The van der Waals surface area contributed by atoms with Crippen molar-refractivity contribution in [1.29, 1.82) is 0 Å². The van der Waals surface area contributed by atoms with Crippen molar-refractivity contribution < 1.29 is 17.9 Å². The highest BCUT2D eigenvalue weighted by Crippen LogP contribution is 2.23. The minimum atomic E-state index is -3.65. The summed E-state index contributed by atoms with van der Waals surface area (Å²) >= 11 is 1.31. The number of carbonyl (C=O) groups is 1. The van der Waals surface area contributed by atoms with Crippen LogP contribution in [0.25, 0.3) is 0 Å². The van der Waals surface area contributed by atoms with E-state index in [-0.39, 0.29) is 23.0 Å². The van der Waals surface area contributed by atoms with E-state index < -0.39 is 10.0 Å². The quantitative estimate of drug-likeness (QED) is 0.591. The van der Waals surface area contributed by atoms with Crippen LogP contribution in [0.1, 0.15) is 34.8 Å². The van der Waals surface area contributed by atoms with Gasteiger partial charge in [0.1, 0.15) is 5.01 Å². The first kappa shape index (κ1) is 22.5. The summed E-state index contributed by atoms with van der Waals surface area (Å²) in [5.74, 6) is -0.370. The predicted molar refractivity (Wildman–Crippen MR) is 122 cm³/mol. The summed E-state index contributed by atoms with van der Waals surface area (Å²) in [7, 11) is -3.65. The Labute approximate surface area is 191 Å². The smallest absolute Gasteiger partial charge is 0.257 e. The minimum absolute atomic E-state index is 0.149. The zero-order chi connectivity index (χ0) is 22.7. The average Bonchev–Trinajstić information content (AvgIpc) is 3.20. The number of carbonyl (C=O) groups excluding carboxylic acids is 1. The lowest BCUT2D eigenvalue weighted by Crippen LogP contribution is -2.48. The second kappa shape index (κ2) is 9.45. The standard InChI is InChI=1S/C22H24N4O4S2/c1-15-13-26(14-16(2)30-15)32(28,29)19-10-8-18(9-11-19)21(27)23-22-25-24-20(31-22)12-17-6-4-3-5-7-17/h3-11,15-16H,12-14H2,1-2H3,(H,23,25,27)/t15-,16-/m0/s1. The van der Waals surface area contributed by atoms with Gasteiger partial charge in [-0.1, -0.05) is 41.7 Å². The topological polar surface area (TPSA) is 101 Å². The van der Waals surface area contributed by atoms with Gasteiger partial charge in [0.15, 0.2) is 0 Å². The van der Waals surface area contributed by atoms with Gasteiger partial charge in [0.2, 0.25) is 15.2 Å². The second-order valence-corrected chi connectivity index (χ2v) is 10.7. The van der Waals surface area contributed by atoms with Gasteiger partial charge in [-0.3, -0.25) is 10.1 Å². The average molecular weight is 473 g/mol. The predicted octanol–water partition coefficient (Wildman–Crippen LogP) is 3.18. The zero-order valence-electron chi connectivity index (χ0n) is 17.8. The fourth-order valence-corrected chi connectivity index (χ4v) is 5.93. The molecule has 1 saturated heterocycles. The second-order valence-electron chi connectivity index (χ2n) is 7.72. The molecular formula is C22H24N4O4S2. The summed E-state index contributed by atoms with van der Waals surface area (Å²) in [6, 6.07) is 15.8. The van der Waals surface area contributed by atoms with Crippen molar-refractivity contribution in [3.8, 4) is 0 Å². The van der Waals surface area contributed by atoms with Crippen LogP contribution in [0, 0.1) is 0 Å². The van der Waals surface area contributed by atoms with Gasteiger partial charge < -0.3 is 4.74 Å². The molecule has 1 N–H and O–H groups in total. The molecule has 32 heavy (non-hydrogen) atoms. The first-order chi connectivity index (χ1) is 15.3. The molecule has 0 radical (unpaired) electrons. The number of benzene rings is 2. The fraction of sp³-hybridized carbons (Fsp3) is 0.318. The number of aromatic nitrogens is 2. The maximum absolute atomic E-state index is 13.0. The Bertz CT molecular complexity index is 1170. The number of anilines is 1. The van der Waals surface area contributed by atoms with Crippen molar-refractivity contribution in [2.24, 2.45) is 0 Å². The normalized spacial score (nSPS) is 19.6. The summed E-state index contributed by atoms with van der Waals surface area (Å²) < 4.78 is 33.0. The van der Waals surface area contributed by atoms with E-state index in [1.165, 1.54) is 39.9 Å². The Kier molecular flexibility index (Phi) is 6.66. The molecular weight excluding hydrogens is 448 g/mol. The van der Waals surface area contributed by atoms with Crippen LogP contribution in [-0.2, 0) is 21.2 Å². The number of morpholine rings is 1. The Morgan fingerprint density at radius 1 is 1.06 bits per heavy atom. The molecule has 2 aromatic carbocycles. The lowest BCUT2D eigenvalue weighted by molar-refractivity contribution is -0.0440. The van der Waals surface area contributed by atoms with E-state index in [2.05, 4.69) is 15.5 Å². The first-order valence-corrected chi connectivity index (χ1v) is 12.5. The zero-order valence-corrected chi connectivity index (χ0v) is 19.4. The van der Waals surface area contributed by atoms with Gasteiger partial charge in [0.05, 0.1) is 17.1 Å². The Hall–Kier alpha value is -2.66. The highest BCUT2D eigenvalue weighted by Gasteiger charge is 2.32. The van der Waals surface area contributed by atoms with Gasteiger partial charge in [-0.05, 0) is 43.7 Å². The molecule has 8 nitrogen and oxygen atoms in total. The van der Waals surface area contributed by atoms with Gasteiger partial charge in [-0.2, -0.15) is 4.31 Å². The molecule has 2 heterocycles. The molecule has 1 fully saturated rings. The third-order valence-corrected chi connectivity index (χ3v) is 7.71. The molecule has 1 aliphatic rings. The van der Waals surface area contributed by atoms with Crippen molar-refractivity contribution >= 4 is 32.4 Å². The van der Waals surface area contributed by atoms with Gasteiger partial charge >= 0.3 is 0 Å². The highest BCUT2D eigenvalue weighted by atomic mass is 32.2. The van der Waals surface area contributed by atoms with Gasteiger partial charge in [-0.25, -0.2) is 8.42 Å². The molecule has 1 amide bonds. The molecule has 0 unspecified atom stereocenters. The van der Waals surface area contributed by atoms with Crippen LogP contribution < -0.4 is 5.32 Å². The third-order valence-electron chi connectivity index (χ3n) is 5.03. The highest BCUT2D eigenvalue weighted by molar-refractivity contribution is 7.89. The number of sulfonamides is 1. The number of ether oxygens (including phenoxy) is 1. The Morgan fingerprint density at radius 2 is 1.72 bits per heavy atom. The van der Waals surface area contributed by atoms with Crippen LogP contribution >= 0.6 is 11.3 Å². The lowest BCUT2D eigenvalue weighted by atomic mass is 10.2. The number of amides is 1. The maximum Gasteiger partial charge on any atom is 0.257 e. The van der Waals surface area contributed by atoms with E-state index in [0.717, 1.165) is 10.6 Å². The van der Waals surface area contributed by atoms with E-state index in [0.29, 0.717) is 30.2 Å². The van der Waals surface area contributed by atoms with Crippen LogP contribution in [0.3, 0.4) is 0 Å². The fourth-order valence-electron chi connectivity index (χ4n) is 3.57. The number of hydrogen-bond donors (Lipinski definition) is 1. The molecule has 1 aromatic heterocycles. The van der Waals surface area contributed by atoms with E-state index in [1.807, 2.05) is 44.2 Å². The van der Waals surface area contributed by atoms with Gasteiger partial charge in [-0.15, -0.1) is 10.2 Å². The number of rotatable bonds is 6. The SMILES string of the molecule is C[C@H]1CN(S(=O)(=O)c2ccc(C(=O)Nc3nnc(Cc4ccccc4)s3)cc2)C[C@H](C)O1. The van der Waals surface area contributed by atoms with E-state index >= 15 is 0 Å². The molecule has 0 spiro atoms. The van der Waals surface area contributed by atoms with Crippen molar-refractivity contribution in [2.75, 3.05) is 18.4 Å². The Morgan fingerprint density at radius 3 is 2.38 bits per heavy atom. The van der Waals surface area contributed by atoms with Crippen LogP contribution in [0.2, 0.25) is 0 Å². The minimum Gasteiger partial charge on any atom is -0.373 e. The van der Waals surface area contributed by atoms with Crippen LogP contribution in [0.15, 0.2) is 59.5 Å². The molecule has 2 atom stereocenters. The summed E-state index contributed by atoms with van der Waals surface area (Å²) in [5, 5.41) is 12.1. The van der Waals surface area contributed by atoms with Gasteiger partial charge in [0, 0.05) is 25.1 Å². The third kappa shape index (κ3) is 5.21. The summed E-state index contributed by atoms with van der Waals surface area (Å²) in [5.41, 5.74) is 1.45. The number of hydrogen-bond acceptors (Lipinski definition) is 7. The number of nitrogens with zero attached hydrogens (tertiary/aromatic N) is 3. The molecule has 0 saturated carbocycles. The summed E-state index contributed by atoms with van der Waals surface area (Å²) in [6.07, 6.45) is 0.300. The monoisotopic (exact) mass is 472 g/mol. The van der Waals surface area contributed by atoms with E-state index in [4.69, 9.17) is 4.74 Å². The molecule has 1 aliphatic heterocycles. The molecule has 3 aromatic rings. The van der Waals surface area contributed by atoms with Crippen LogP contribution in [-0.4, -0.2) is 54.1 Å². The van der Waals surface area contributed by atoms with Crippen molar-refractivity contribution in [3.05, 3.63) is 70.7 Å². The largest absolute Gasteiger partial charge is 0.373 e. The molecule has 0 bridgehead atoms. The van der Waals surface area contributed by atoms with Crippen molar-refractivity contribution in [3.63, 3.8) is 0 Å². The van der Waals surface area contributed by atoms with Crippen molar-refractivity contribution in [1.82, 2.24) is 14.5 Å². The first-order valence-electron chi connectivity index (χ1n) is 10.2. The molecule has 168 valence electrons. The molecule has 10 heteroatoms. The van der Waals surface area contributed by atoms with Gasteiger partial charge in [0.25, 0.3) is 5.91 Å². The van der Waals surface area contributed by atoms with Crippen molar-refractivity contribution in [2.45, 2.75) is 37.4 Å². The van der Waals surface area contributed by atoms with Crippen LogP contribution in [0.5, 0.6) is 0 Å². The maximum atomic E-state index is 13.0. The summed E-state index contributed by atoms with van der Waals surface area (Å²) in [4.78, 5) is 12.7. The molecule has 0 aliphatic carbocycles. The summed E-state index contributed by atoms with van der Waals surface area (Å²) in [6.45, 7) is 4.31. The Balaban J connectivity index is 1.41.